The molecule has 2 saturated heterocycles. The van der Waals surface area contributed by atoms with E-state index in [9.17, 15) is 0 Å². The second kappa shape index (κ2) is 18.8. The summed E-state index contributed by atoms with van der Waals surface area (Å²) < 4.78 is 30.1. The van der Waals surface area contributed by atoms with Crippen LogP contribution in [0.3, 0.4) is 0 Å². The van der Waals surface area contributed by atoms with Crippen molar-refractivity contribution in [3.8, 4) is 0 Å². The lowest BCUT2D eigenvalue weighted by Crippen LogP contribution is -2.52. The summed E-state index contributed by atoms with van der Waals surface area (Å²) in [6.07, 6.45) is 30.9. The first-order valence-corrected chi connectivity index (χ1v) is 29.2. The zero-order valence-electron chi connectivity index (χ0n) is 41.3. The molecule has 8 fully saturated rings. The van der Waals surface area contributed by atoms with E-state index in [1.807, 2.05) is 0 Å². The molecule has 0 radical (unpaired) electrons. The van der Waals surface area contributed by atoms with E-state index in [2.05, 4.69) is 83.1 Å². The summed E-state index contributed by atoms with van der Waals surface area (Å²) in [6.45, 7) is 31.1. The van der Waals surface area contributed by atoms with Crippen molar-refractivity contribution in [2.45, 2.75) is 236 Å². The standard InChI is InChI=1S/C54H96O4P2/c1-51(2,3)35-29-41(43(45(31-35)53(7,8)9)33-59-55-47-25-17-13-21-37(47)38-22-14-18-26-48(38)56-59)42-30-36(52(4,5)6)32-46(54(10,11)12)44(42)34-60-57-49-27-19-15-23-39(49)40-24-16-20-28-50(40)58-60/h35-50H,13-34H2,1-12H3. The smallest absolute Gasteiger partial charge is 0.171 e. The van der Waals surface area contributed by atoms with Crippen molar-refractivity contribution in [3.05, 3.63) is 0 Å². The lowest BCUT2D eigenvalue weighted by Gasteiger charge is -2.58. The highest BCUT2D eigenvalue weighted by Gasteiger charge is 2.56. The van der Waals surface area contributed by atoms with Crippen LogP contribution in [0.25, 0.3) is 0 Å². The number of hydrogen-bond donors (Lipinski definition) is 0. The van der Waals surface area contributed by atoms with Crippen molar-refractivity contribution in [2.24, 2.45) is 92.7 Å². The van der Waals surface area contributed by atoms with Gasteiger partial charge in [0, 0.05) is 12.3 Å². The van der Waals surface area contributed by atoms with Crippen LogP contribution in [0.5, 0.6) is 0 Å². The van der Waals surface area contributed by atoms with Gasteiger partial charge in [-0.05, 0) is 170 Å². The Hall–Kier alpha value is 0.700. The van der Waals surface area contributed by atoms with Crippen molar-refractivity contribution < 1.29 is 18.1 Å². The second-order valence-electron chi connectivity index (χ2n) is 27.1. The maximum Gasteiger partial charge on any atom is 0.171 e. The molecule has 0 amide bonds. The van der Waals surface area contributed by atoms with Gasteiger partial charge in [0.2, 0.25) is 0 Å². The fraction of sp³-hybridized carbons (Fsp3) is 1.00. The Bertz CT molecular complexity index is 1240. The average molecular weight is 871 g/mol. The summed E-state index contributed by atoms with van der Waals surface area (Å²) in [5.41, 5.74) is 1.04. The molecule has 0 aromatic carbocycles. The van der Waals surface area contributed by atoms with Gasteiger partial charge in [0.25, 0.3) is 0 Å². The van der Waals surface area contributed by atoms with Crippen molar-refractivity contribution in [1.82, 2.24) is 0 Å². The summed E-state index contributed by atoms with van der Waals surface area (Å²) in [7, 11) is -1.87. The van der Waals surface area contributed by atoms with Gasteiger partial charge in [-0.15, -0.1) is 0 Å². The van der Waals surface area contributed by atoms with Crippen LogP contribution in [0.15, 0.2) is 0 Å². The van der Waals surface area contributed by atoms with Crippen LogP contribution in [0.2, 0.25) is 0 Å². The molecule has 346 valence electrons. The molecular weight excluding hydrogens is 775 g/mol. The molecule has 60 heavy (non-hydrogen) atoms. The maximum atomic E-state index is 7.52. The molecule has 4 nitrogen and oxygen atoms in total. The first-order chi connectivity index (χ1) is 28.3. The van der Waals surface area contributed by atoms with Gasteiger partial charge in [-0.3, -0.25) is 0 Å². The first-order valence-electron chi connectivity index (χ1n) is 26.5. The Morgan fingerprint density at radius 3 is 0.850 bits per heavy atom. The van der Waals surface area contributed by atoms with Crippen molar-refractivity contribution in [3.63, 3.8) is 0 Å². The summed E-state index contributed by atoms with van der Waals surface area (Å²) in [5.74, 6) is 8.24. The molecule has 6 heteroatoms. The molecule has 0 aromatic rings. The van der Waals surface area contributed by atoms with E-state index < -0.39 is 16.8 Å². The monoisotopic (exact) mass is 871 g/mol. The Balaban J connectivity index is 1.19. The normalized spacial score (nSPS) is 46.2. The van der Waals surface area contributed by atoms with Crippen LogP contribution in [0.4, 0.5) is 0 Å². The van der Waals surface area contributed by atoms with E-state index in [0.29, 0.717) is 70.8 Å². The second-order valence-corrected chi connectivity index (χ2v) is 30.0. The van der Waals surface area contributed by atoms with Crippen molar-refractivity contribution >= 4 is 16.8 Å². The Morgan fingerprint density at radius 2 is 0.600 bits per heavy atom. The fourth-order valence-corrected chi connectivity index (χ4v) is 20.3. The van der Waals surface area contributed by atoms with Crippen molar-refractivity contribution in [1.29, 1.82) is 0 Å². The minimum Gasteiger partial charge on any atom is -0.330 e. The number of rotatable bonds is 5. The molecule has 6 saturated carbocycles. The summed E-state index contributed by atoms with van der Waals surface area (Å²) >= 11 is 0. The largest absolute Gasteiger partial charge is 0.330 e. The van der Waals surface area contributed by atoms with Gasteiger partial charge in [-0.2, -0.15) is 0 Å². The van der Waals surface area contributed by atoms with Gasteiger partial charge in [-0.25, -0.2) is 0 Å². The van der Waals surface area contributed by atoms with Crippen LogP contribution >= 0.6 is 16.8 Å². The zero-order valence-corrected chi connectivity index (χ0v) is 43.1. The average Bonchev–Trinajstić information content (AvgIpc) is 3.43. The minimum absolute atomic E-state index is 0.232. The van der Waals surface area contributed by atoms with Gasteiger partial charge >= 0.3 is 0 Å². The van der Waals surface area contributed by atoms with Crippen LogP contribution in [0.1, 0.15) is 212 Å². The molecule has 8 rings (SSSR count). The van der Waals surface area contributed by atoms with Crippen LogP contribution < -0.4 is 0 Å². The lowest BCUT2D eigenvalue weighted by molar-refractivity contribution is -0.0780. The molecule has 6 aliphatic carbocycles. The highest BCUT2D eigenvalue weighted by atomic mass is 31.2. The molecule has 2 aliphatic heterocycles. The SMILES string of the molecule is CC(C)(C)C1CC(C2CC(C(C)(C)C)CC(C(C)(C)C)C2CP2OC3CCCCC3C3CCCCC3O2)C(CP2OC3CCCCC3C3CCCCC3O2)C(C(C)(C)C)C1. The van der Waals surface area contributed by atoms with E-state index in [1.165, 1.54) is 128 Å². The van der Waals surface area contributed by atoms with Gasteiger partial charge < -0.3 is 18.1 Å². The van der Waals surface area contributed by atoms with Crippen LogP contribution in [-0.4, -0.2) is 36.7 Å². The molecule has 0 N–H and O–H groups in total. The quantitative estimate of drug-likeness (QED) is 0.258. The predicted molar refractivity (Wildman–Crippen MR) is 255 cm³/mol. The van der Waals surface area contributed by atoms with E-state index in [0.717, 1.165) is 47.8 Å². The fourth-order valence-electron chi connectivity index (χ4n) is 15.8. The lowest BCUT2D eigenvalue weighted by atomic mass is 9.48. The van der Waals surface area contributed by atoms with Gasteiger partial charge in [0.15, 0.2) is 16.8 Å². The third-order valence-corrected chi connectivity index (χ3v) is 22.9. The Kier molecular flexibility index (Phi) is 14.8. The third-order valence-electron chi connectivity index (χ3n) is 19.4. The summed E-state index contributed by atoms with van der Waals surface area (Å²) in [5, 5.41) is 0. The van der Waals surface area contributed by atoms with Crippen LogP contribution in [0, 0.1) is 92.7 Å². The molecule has 8 aliphatic rings. The number of fused-ring (bicyclic) bond motifs is 6. The molecule has 0 aromatic heterocycles. The van der Waals surface area contributed by atoms with Gasteiger partial charge in [0.05, 0.1) is 24.4 Å². The van der Waals surface area contributed by atoms with Crippen LogP contribution in [-0.2, 0) is 18.1 Å². The van der Waals surface area contributed by atoms with E-state index >= 15 is 0 Å². The Labute approximate surface area is 374 Å². The predicted octanol–water partition coefficient (Wildman–Crippen LogP) is 16.6. The Morgan fingerprint density at radius 1 is 0.333 bits per heavy atom. The molecule has 16 unspecified atom stereocenters. The molecule has 0 bridgehead atoms. The molecule has 2 heterocycles. The first kappa shape index (κ1) is 47.2. The minimum atomic E-state index is -0.937. The van der Waals surface area contributed by atoms with E-state index in [4.69, 9.17) is 18.1 Å². The maximum absolute atomic E-state index is 7.52. The zero-order chi connectivity index (χ0) is 42.8. The summed E-state index contributed by atoms with van der Waals surface area (Å²) in [4.78, 5) is 0. The molecule has 16 atom stereocenters. The van der Waals surface area contributed by atoms with E-state index in [-0.39, 0.29) is 10.8 Å². The molecular formula is C54H96O4P2. The van der Waals surface area contributed by atoms with Gasteiger partial charge in [0.1, 0.15) is 0 Å². The van der Waals surface area contributed by atoms with Gasteiger partial charge in [-0.1, -0.05) is 134 Å². The highest BCUT2D eigenvalue weighted by Crippen LogP contribution is 2.66. The third kappa shape index (κ3) is 10.5. The highest BCUT2D eigenvalue weighted by molar-refractivity contribution is 7.47. The van der Waals surface area contributed by atoms with Crippen molar-refractivity contribution in [2.75, 3.05) is 12.3 Å². The number of hydrogen-bond acceptors (Lipinski definition) is 4. The van der Waals surface area contributed by atoms with E-state index in [1.54, 1.807) is 0 Å². The molecule has 0 spiro atoms. The summed E-state index contributed by atoms with van der Waals surface area (Å²) in [6, 6.07) is 0. The topological polar surface area (TPSA) is 36.9 Å².